The Bertz CT molecular complexity index is 747. The van der Waals surface area contributed by atoms with Crippen LogP contribution < -0.4 is 0 Å². The normalized spacial score (nSPS) is 13.6. The number of aryl methyl sites for hydroxylation is 1. The molecule has 1 rings (SSSR count). The molecule has 0 aromatic heterocycles. The molecule has 0 spiro atoms. The van der Waals surface area contributed by atoms with Crippen LogP contribution in [-0.4, -0.2) is 33.1 Å². The third-order valence-electron chi connectivity index (χ3n) is 7.66. The van der Waals surface area contributed by atoms with E-state index in [1.165, 1.54) is 25.7 Å². The number of rotatable bonds is 22. The van der Waals surface area contributed by atoms with Crippen molar-refractivity contribution in [3.05, 3.63) is 29.8 Å². The van der Waals surface area contributed by atoms with Gasteiger partial charge in [0.25, 0.3) is 0 Å². The van der Waals surface area contributed by atoms with E-state index in [0.717, 1.165) is 101 Å². The van der Waals surface area contributed by atoms with Crippen molar-refractivity contribution >= 4 is 16.9 Å². The summed E-state index contributed by atoms with van der Waals surface area (Å²) in [6.07, 6.45) is 20.5. The summed E-state index contributed by atoms with van der Waals surface area (Å²) in [5.74, 6) is 0. The first-order valence-corrected chi connectivity index (χ1v) is 19.2. The fourth-order valence-electron chi connectivity index (χ4n) is 5.42. The Morgan fingerprint density at radius 1 is 0.600 bits per heavy atom. The molecule has 35 heavy (non-hydrogen) atoms. The Kier molecular flexibility index (Phi) is 16.0. The van der Waals surface area contributed by atoms with E-state index in [4.69, 9.17) is 3.97 Å². The Labute approximate surface area is 219 Å². The van der Waals surface area contributed by atoms with Gasteiger partial charge in [0.1, 0.15) is 0 Å². The Morgan fingerprint density at radius 3 is 1.51 bits per heavy atom. The van der Waals surface area contributed by atoms with Crippen molar-refractivity contribution in [2.24, 2.45) is 0 Å². The van der Waals surface area contributed by atoms with Crippen LogP contribution in [0.5, 0.6) is 0 Å². The van der Waals surface area contributed by atoms with Crippen molar-refractivity contribution < 1.29 is 12.4 Å². The zero-order valence-electron chi connectivity index (χ0n) is 23.8. The van der Waals surface area contributed by atoms with Crippen LogP contribution in [0.4, 0.5) is 0 Å². The summed E-state index contributed by atoms with van der Waals surface area (Å²) in [4.78, 5) is 0.434. The third-order valence-corrected chi connectivity index (χ3v) is 16.9. The van der Waals surface area contributed by atoms with Gasteiger partial charge in [-0.05, 0) is 0 Å². The van der Waals surface area contributed by atoms with E-state index in [1.807, 2.05) is 18.2 Å². The van der Waals surface area contributed by atoms with Gasteiger partial charge in [-0.15, -0.1) is 0 Å². The molecule has 5 heteroatoms. The van der Waals surface area contributed by atoms with Gasteiger partial charge in [-0.25, -0.2) is 0 Å². The molecule has 0 amide bonds. The molecule has 0 bridgehead atoms. The molecule has 0 unspecified atom stereocenters. The number of unbranched alkanes of at least 4 members (excludes halogenated alkanes) is 9. The van der Waals surface area contributed by atoms with Crippen molar-refractivity contribution in [1.82, 2.24) is 0 Å². The van der Waals surface area contributed by atoms with Gasteiger partial charge in [0.2, 0.25) is 0 Å². The Hall–Kier alpha value is -0.440. The van der Waals surface area contributed by atoms with Crippen LogP contribution in [0.2, 0.25) is 0 Å². The maximum absolute atomic E-state index is 14.1. The monoisotopic (exact) mass is 528 g/mol. The molecule has 1 aromatic rings. The topological polar surface area (TPSA) is 43.4 Å². The molecule has 0 saturated heterocycles. The molecular formula is C30H57O3PS. The average molecular weight is 529 g/mol. The second-order valence-corrected chi connectivity index (χ2v) is 18.3. The number of hydrogen-bond donors (Lipinski definition) is 0. The minimum atomic E-state index is -3.82. The summed E-state index contributed by atoms with van der Waals surface area (Å²) < 4.78 is 35.0. The molecule has 0 atom stereocenters. The first-order chi connectivity index (χ1) is 16.8. The summed E-state index contributed by atoms with van der Waals surface area (Å²) in [7, 11) is -3.82. The van der Waals surface area contributed by atoms with Crippen LogP contribution in [0, 0.1) is 0 Å². The minimum absolute atomic E-state index is 0.434. The van der Waals surface area contributed by atoms with Gasteiger partial charge in [-0.2, -0.15) is 0 Å². The van der Waals surface area contributed by atoms with Gasteiger partial charge >= 0.3 is 220 Å². The van der Waals surface area contributed by atoms with Crippen LogP contribution in [0.3, 0.4) is 0 Å². The van der Waals surface area contributed by atoms with Crippen molar-refractivity contribution in [2.45, 2.75) is 136 Å². The van der Waals surface area contributed by atoms with Crippen molar-refractivity contribution in [3.8, 4) is 0 Å². The predicted molar refractivity (Wildman–Crippen MR) is 158 cm³/mol. The average Bonchev–Trinajstić information content (AvgIpc) is 2.86. The number of hydrogen-bond acceptors (Lipinski definition) is 3. The molecule has 0 N–H and O–H groups in total. The van der Waals surface area contributed by atoms with E-state index in [-0.39, 0.29) is 0 Å². The molecule has 0 aliphatic carbocycles. The molecule has 0 aliphatic rings. The van der Waals surface area contributed by atoms with Gasteiger partial charge in [0.15, 0.2) is 0 Å². The zero-order chi connectivity index (χ0) is 26.1. The summed E-state index contributed by atoms with van der Waals surface area (Å²) in [5.41, 5.74) is 0.941. The van der Waals surface area contributed by atoms with E-state index in [2.05, 4.69) is 34.6 Å². The summed E-state index contributed by atoms with van der Waals surface area (Å²) in [5, 5.41) is 0. The van der Waals surface area contributed by atoms with Crippen molar-refractivity contribution in [3.63, 3.8) is 0 Å². The van der Waals surface area contributed by atoms with Gasteiger partial charge in [0, 0.05) is 0 Å². The summed E-state index contributed by atoms with van der Waals surface area (Å²) >= 11 is 0. The fraction of sp³-hybridized carbons (Fsp3) is 0.800. The molecule has 0 heterocycles. The third kappa shape index (κ3) is 10.8. The molecule has 0 aliphatic heterocycles. The molecule has 1 aromatic carbocycles. The van der Waals surface area contributed by atoms with Gasteiger partial charge in [-0.1, -0.05) is 0 Å². The quantitative estimate of drug-likeness (QED) is 0.111. The van der Waals surface area contributed by atoms with Crippen molar-refractivity contribution in [1.29, 1.82) is 0 Å². The Morgan fingerprint density at radius 2 is 1.03 bits per heavy atom. The van der Waals surface area contributed by atoms with E-state index in [9.17, 15) is 8.42 Å². The summed E-state index contributed by atoms with van der Waals surface area (Å²) in [6.45, 7) is 8.19. The zero-order valence-corrected chi connectivity index (χ0v) is 25.5. The first kappa shape index (κ1) is 32.6. The van der Waals surface area contributed by atoms with E-state index >= 15 is 0 Å². The molecule has 0 saturated carbocycles. The van der Waals surface area contributed by atoms with E-state index in [0.29, 0.717) is 4.90 Å². The van der Waals surface area contributed by atoms with E-state index in [1.54, 1.807) is 6.07 Å². The Balaban J connectivity index is 3.34. The van der Waals surface area contributed by atoms with Crippen LogP contribution in [0.25, 0.3) is 0 Å². The maximum atomic E-state index is 14.1. The number of benzene rings is 1. The fourth-order valence-corrected chi connectivity index (χ4v) is 15.7. The first-order valence-electron chi connectivity index (χ1n) is 14.9. The van der Waals surface area contributed by atoms with Crippen LogP contribution >= 0.6 is 6.83 Å². The molecule has 0 fully saturated rings. The van der Waals surface area contributed by atoms with Crippen LogP contribution in [0.1, 0.15) is 130 Å². The molecule has 3 nitrogen and oxygen atoms in total. The van der Waals surface area contributed by atoms with Crippen molar-refractivity contribution in [2.75, 3.05) is 24.6 Å². The SMILES string of the molecule is CCCCCCCCc1ccccc1S(=O)(=O)OP(CCCC)(CCCC)(CCCC)CCCC. The van der Waals surface area contributed by atoms with Gasteiger partial charge in [0.05, 0.1) is 0 Å². The standard InChI is InChI=1S/C30H57O3PS/c1-6-11-16-17-18-19-22-29-23-20-21-24-30(29)35(31,32)33-34(25-12-7-2,26-13-8-3,27-14-9-4)28-15-10-5/h20-21,23-24H,6-19,22,25-28H2,1-5H3. The van der Waals surface area contributed by atoms with E-state index < -0.39 is 16.9 Å². The summed E-state index contributed by atoms with van der Waals surface area (Å²) in [6, 6.07) is 7.65. The van der Waals surface area contributed by atoms with Gasteiger partial charge < -0.3 is 0 Å². The molecule has 0 radical (unpaired) electrons. The second kappa shape index (κ2) is 17.1. The predicted octanol–water partition coefficient (Wildman–Crippen LogP) is 9.96. The molecule has 206 valence electrons. The molecular weight excluding hydrogens is 471 g/mol. The second-order valence-electron chi connectivity index (χ2n) is 10.8. The van der Waals surface area contributed by atoms with Crippen LogP contribution in [-0.2, 0) is 20.5 Å². The van der Waals surface area contributed by atoms with Crippen LogP contribution in [0.15, 0.2) is 29.2 Å². The van der Waals surface area contributed by atoms with Gasteiger partial charge in [-0.3, -0.25) is 0 Å².